The smallest absolute Gasteiger partial charge is 0.245 e. The highest BCUT2D eigenvalue weighted by molar-refractivity contribution is 4.70. The number of nitrogens with zero attached hydrogens (tertiary/aromatic N) is 1. The maximum Gasteiger partial charge on any atom is 0.302 e. The predicted molar refractivity (Wildman–Crippen MR) is 31.4 cm³/mol. The quantitative estimate of drug-likeness (QED) is 0.494. The van der Waals surface area contributed by atoms with Crippen molar-refractivity contribution in [3.63, 3.8) is 0 Å². The molecule has 54 valence electrons. The Balaban J connectivity index is 2.42. The average molecular weight is 135 g/mol. The zero-order valence-corrected chi connectivity index (χ0v) is 5.53. The van der Waals surface area contributed by atoms with Crippen LogP contribution in [0.4, 0.5) is 8.78 Å². The van der Waals surface area contributed by atoms with Crippen molar-refractivity contribution in [3.8, 4) is 0 Å². The number of alkyl halides is 2. The van der Waals surface area contributed by atoms with E-state index in [9.17, 15) is 8.78 Å². The molecule has 0 spiro atoms. The lowest BCUT2D eigenvalue weighted by atomic mass is 10.4. The van der Waals surface area contributed by atoms with E-state index in [-0.39, 0.29) is 0 Å². The topological polar surface area (TPSA) is 3.24 Å². The van der Waals surface area contributed by atoms with E-state index in [4.69, 9.17) is 0 Å². The Morgan fingerprint density at radius 1 is 1.22 bits per heavy atom. The number of halogens is 2. The molecule has 0 aromatic heterocycles. The number of hydrogen-bond donors (Lipinski definition) is 0. The van der Waals surface area contributed by atoms with Crippen LogP contribution in [0.1, 0.15) is 19.8 Å². The Hall–Kier alpha value is -0.180. The minimum Gasteiger partial charge on any atom is -0.245 e. The van der Waals surface area contributed by atoms with Crippen molar-refractivity contribution in [2.45, 2.75) is 25.8 Å². The zero-order chi connectivity index (χ0) is 6.91. The second-order valence-electron chi connectivity index (χ2n) is 2.54. The molecule has 1 heterocycles. The van der Waals surface area contributed by atoms with Crippen molar-refractivity contribution >= 4 is 0 Å². The van der Waals surface area contributed by atoms with Gasteiger partial charge < -0.3 is 0 Å². The number of hydrogen-bond acceptors (Lipinski definition) is 1. The summed E-state index contributed by atoms with van der Waals surface area (Å²) in [6.45, 7) is 2.07. The molecule has 0 aromatic rings. The highest BCUT2D eigenvalue weighted by Gasteiger charge is 2.32. The van der Waals surface area contributed by atoms with Gasteiger partial charge in [0.2, 0.25) is 0 Å². The molecule has 0 bridgehead atoms. The van der Waals surface area contributed by atoms with E-state index >= 15 is 0 Å². The van der Waals surface area contributed by atoms with Gasteiger partial charge in [-0.05, 0) is 12.8 Å². The summed E-state index contributed by atoms with van der Waals surface area (Å²) in [6.07, 6.45) is 1.84. The van der Waals surface area contributed by atoms with E-state index in [1.165, 1.54) is 4.90 Å². The van der Waals surface area contributed by atoms with Crippen LogP contribution in [0.5, 0.6) is 0 Å². The molecule has 0 saturated carbocycles. The summed E-state index contributed by atoms with van der Waals surface area (Å²) >= 11 is 0. The molecule has 1 saturated heterocycles. The van der Waals surface area contributed by atoms with Gasteiger partial charge in [0.25, 0.3) is 0 Å². The van der Waals surface area contributed by atoms with Crippen molar-refractivity contribution in [1.29, 1.82) is 0 Å². The number of rotatable bonds is 1. The Morgan fingerprint density at radius 3 is 1.89 bits per heavy atom. The third-order valence-corrected chi connectivity index (χ3v) is 1.66. The van der Waals surface area contributed by atoms with Gasteiger partial charge in [0.1, 0.15) is 0 Å². The van der Waals surface area contributed by atoms with Gasteiger partial charge in [0.15, 0.2) is 0 Å². The lowest BCUT2D eigenvalue weighted by Gasteiger charge is -2.22. The Kier molecular flexibility index (Phi) is 1.70. The SMILES string of the molecule is CC(F)(F)N1CCCC1. The first kappa shape index (κ1) is 6.93. The first-order valence-corrected chi connectivity index (χ1v) is 3.23. The third kappa shape index (κ3) is 1.61. The van der Waals surface area contributed by atoms with Gasteiger partial charge in [-0.1, -0.05) is 0 Å². The van der Waals surface area contributed by atoms with E-state index in [1.54, 1.807) is 0 Å². The molecule has 1 rings (SSSR count). The van der Waals surface area contributed by atoms with Crippen LogP contribution in [0.25, 0.3) is 0 Å². The van der Waals surface area contributed by atoms with Crippen molar-refractivity contribution < 1.29 is 8.78 Å². The molecule has 1 nitrogen and oxygen atoms in total. The molecule has 0 N–H and O–H groups in total. The van der Waals surface area contributed by atoms with Crippen LogP contribution in [-0.2, 0) is 0 Å². The molecule has 0 atom stereocenters. The molecule has 9 heavy (non-hydrogen) atoms. The Morgan fingerprint density at radius 2 is 1.67 bits per heavy atom. The van der Waals surface area contributed by atoms with Crippen LogP contribution in [0.2, 0.25) is 0 Å². The monoisotopic (exact) mass is 135 g/mol. The summed E-state index contributed by atoms with van der Waals surface area (Å²) in [4.78, 5) is 1.22. The fourth-order valence-corrected chi connectivity index (χ4v) is 1.11. The lowest BCUT2D eigenvalue weighted by Crippen LogP contribution is -2.36. The molecule has 0 radical (unpaired) electrons. The van der Waals surface area contributed by atoms with Crippen molar-refractivity contribution in [1.82, 2.24) is 4.90 Å². The minimum absolute atomic E-state index is 0.559. The average Bonchev–Trinajstić information content (AvgIpc) is 2.08. The van der Waals surface area contributed by atoms with Gasteiger partial charge in [-0.25, -0.2) is 4.90 Å². The zero-order valence-electron chi connectivity index (χ0n) is 5.53. The molecule has 0 aliphatic carbocycles. The Labute approximate surface area is 53.6 Å². The van der Waals surface area contributed by atoms with E-state index in [0.717, 1.165) is 19.8 Å². The van der Waals surface area contributed by atoms with Gasteiger partial charge in [0, 0.05) is 20.0 Å². The second-order valence-corrected chi connectivity index (χ2v) is 2.54. The molecular weight excluding hydrogens is 124 g/mol. The van der Waals surface area contributed by atoms with E-state index in [1.807, 2.05) is 0 Å². The van der Waals surface area contributed by atoms with Crippen LogP contribution >= 0.6 is 0 Å². The predicted octanol–water partition coefficient (Wildman–Crippen LogP) is 1.69. The lowest BCUT2D eigenvalue weighted by molar-refractivity contribution is -0.118. The molecule has 1 aliphatic heterocycles. The fourth-order valence-electron chi connectivity index (χ4n) is 1.11. The standard InChI is InChI=1S/C6H11F2N/c1-6(7,8)9-4-2-3-5-9/h2-5H2,1H3. The third-order valence-electron chi connectivity index (χ3n) is 1.66. The maximum absolute atomic E-state index is 12.4. The Bertz CT molecular complexity index is 91.7. The highest BCUT2D eigenvalue weighted by Crippen LogP contribution is 2.23. The molecule has 1 aliphatic rings. The van der Waals surface area contributed by atoms with Gasteiger partial charge in [-0.15, -0.1) is 0 Å². The molecule has 0 amide bonds. The van der Waals surface area contributed by atoms with Crippen molar-refractivity contribution in [2.75, 3.05) is 13.1 Å². The van der Waals surface area contributed by atoms with Crippen LogP contribution in [0.15, 0.2) is 0 Å². The van der Waals surface area contributed by atoms with Crippen LogP contribution in [0.3, 0.4) is 0 Å². The summed E-state index contributed by atoms with van der Waals surface area (Å²) in [6, 6.07) is -2.59. The molecular formula is C6H11F2N. The van der Waals surface area contributed by atoms with Gasteiger partial charge in [-0.2, -0.15) is 8.78 Å². The molecule has 0 aromatic carbocycles. The second kappa shape index (κ2) is 2.21. The first-order chi connectivity index (χ1) is 4.11. The van der Waals surface area contributed by atoms with E-state index in [2.05, 4.69) is 0 Å². The van der Waals surface area contributed by atoms with E-state index < -0.39 is 6.05 Å². The van der Waals surface area contributed by atoms with Crippen molar-refractivity contribution in [2.24, 2.45) is 0 Å². The summed E-state index contributed by atoms with van der Waals surface area (Å²) in [5, 5.41) is 0. The van der Waals surface area contributed by atoms with Gasteiger partial charge in [-0.3, -0.25) is 0 Å². The first-order valence-electron chi connectivity index (χ1n) is 3.23. The summed E-state index contributed by atoms with van der Waals surface area (Å²) in [7, 11) is 0. The van der Waals surface area contributed by atoms with E-state index in [0.29, 0.717) is 13.1 Å². The van der Waals surface area contributed by atoms with Crippen molar-refractivity contribution in [3.05, 3.63) is 0 Å². The summed E-state index contributed by atoms with van der Waals surface area (Å²) in [5.41, 5.74) is 0. The fraction of sp³-hybridized carbons (Fsp3) is 1.00. The highest BCUT2D eigenvalue weighted by atomic mass is 19.3. The molecule has 1 fully saturated rings. The van der Waals surface area contributed by atoms with Crippen LogP contribution in [-0.4, -0.2) is 24.0 Å². The summed E-state index contributed by atoms with van der Waals surface area (Å²) < 4.78 is 24.7. The number of likely N-dealkylation sites (tertiary alicyclic amines) is 1. The normalized spacial score (nSPS) is 23.0. The van der Waals surface area contributed by atoms with Gasteiger partial charge in [0.05, 0.1) is 0 Å². The maximum atomic E-state index is 12.4. The minimum atomic E-state index is -2.59. The van der Waals surface area contributed by atoms with Crippen LogP contribution < -0.4 is 0 Å². The summed E-state index contributed by atoms with van der Waals surface area (Å²) in [5.74, 6) is 0. The van der Waals surface area contributed by atoms with Crippen LogP contribution in [0, 0.1) is 0 Å². The molecule has 3 heteroatoms. The molecule has 0 unspecified atom stereocenters. The largest absolute Gasteiger partial charge is 0.302 e. The van der Waals surface area contributed by atoms with Gasteiger partial charge >= 0.3 is 6.05 Å².